The van der Waals surface area contributed by atoms with E-state index in [0.717, 1.165) is 19.1 Å². The van der Waals surface area contributed by atoms with Gasteiger partial charge in [0.2, 0.25) is 0 Å². The second-order valence-corrected chi connectivity index (χ2v) is 6.74. The Morgan fingerprint density at radius 1 is 1.34 bits per heavy atom. The lowest BCUT2D eigenvalue weighted by molar-refractivity contribution is -0.187. The Bertz CT molecular complexity index is 1030. The Morgan fingerprint density at radius 2 is 2.07 bits per heavy atom. The summed E-state index contributed by atoms with van der Waals surface area (Å²) in [6, 6.07) is 7.86. The summed E-state index contributed by atoms with van der Waals surface area (Å²) in [7, 11) is 0. The van der Waals surface area contributed by atoms with Gasteiger partial charge in [-0.3, -0.25) is 9.79 Å². The molecule has 3 N–H and O–H groups in total. The van der Waals surface area contributed by atoms with Crippen LogP contribution in [0.2, 0.25) is 0 Å². The topological polar surface area (TPSA) is 104 Å². The lowest BCUT2D eigenvalue weighted by Crippen LogP contribution is -2.38. The average molecular weight is 405 g/mol. The number of aliphatic imine (C=N–C) groups is 1. The molecule has 2 heterocycles. The Hall–Kier alpha value is -3.48. The van der Waals surface area contributed by atoms with Crippen molar-refractivity contribution in [3.05, 3.63) is 59.2 Å². The van der Waals surface area contributed by atoms with Crippen LogP contribution >= 0.6 is 0 Å². The van der Waals surface area contributed by atoms with Crippen LogP contribution < -0.4 is 11.1 Å². The van der Waals surface area contributed by atoms with Crippen molar-refractivity contribution in [1.29, 1.82) is 5.26 Å². The number of nitriles is 1. The molecule has 3 rings (SSSR count). The van der Waals surface area contributed by atoms with Gasteiger partial charge < -0.3 is 11.1 Å². The van der Waals surface area contributed by atoms with Crippen molar-refractivity contribution in [3.8, 4) is 6.07 Å². The van der Waals surface area contributed by atoms with Crippen LogP contribution in [0, 0.1) is 23.1 Å². The van der Waals surface area contributed by atoms with Gasteiger partial charge in [0.1, 0.15) is 17.6 Å². The number of carbonyl (C=O) groups excluding carboxylic acids is 1. The number of amides is 1. The minimum atomic E-state index is -4.64. The molecule has 1 amide bonds. The number of benzene rings is 1. The number of nitrogens with two attached hydrogens (primary N) is 1. The second kappa shape index (κ2) is 7.16. The van der Waals surface area contributed by atoms with Crippen LogP contribution in [0.3, 0.4) is 0 Å². The van der Waals surface area contributed by atoms with Gasteiger partial charge in [-0.1, -0.05) is 0 Å². The van der Waals surface area contributed by atoms with Crippen LogP contribution in [0.15, 0.2) is 41.5 Å². The molecule has 0 bridgehead atoms. The zero-order valence-corrected chi connectivity index (χ0v) is 15.1. The van der Waals surface area contributed by atoms with Crippen LogP contribution in [0.5, 0.6) is 0 Å². The maximum Gasteiger partial charge on any atom is 0.394 e. The number of carbonyl (C=O) groups is 1. The van der Waals surface area contributed by atoms with Gasteiger partial charge in [0.15, 0.2) is 0 Å². The minimum absolute atomic E-state index is 0.0163. The molecule has 1 aliphatic rings. The fraction of sp³-hybridized carbons (Fsp3) is 0.263. The maximum absolute atomic E-state index is 14.5. The molecule has 0 saturated carbocycles. The molecule has 1 aromatic carbocycles. The normalized spacial score (nSPS) is 21.4. The van der Waals surface area contributed by atoms with E-state index in [1.54, 1.807) is 0 Å². The first-order chi connectivity index (χ1) is 13.5. The number of anilines is 1. The van der Waals surface area contributed by atoms with Crippen LogP contribution in [0.25, 0.3) is 0 Å². The van der Waals surface area contributed by atoms with Crippen LogP contribution in [-0.2, 0) is 5.54 Å². The molecule has 0 radical (unpaired) electrons. The number of pyridine rings is 1. The van der Waals surface area contributed by atoms with Gasteiger partial charge >= 0.3 is 6.18 Å². The predicted molar refractivity (Wildman–Crippen MR) is 96.4 cm³/mol. The van der Waals surface area contributed by atoms with Gasteiger partial charge in [-0.15, -0.1) is 0 Å². The van der Waals surface area contributed by atoms with Crippen molar-refractivity contribution < 1.29 is 22.4 Å². The molecule has 2 aromatic rings. The maximum atomic E-state index is 14.5. The van der Waals surface area contributed by atoms with Crippen LogP contribution in [-0.4, -0.2) is 22.9 Å². The quantitative estimate of drug-likeness (QED) is 0.763. The molecule has 10 heteroatoms. The summed E-state index contributed by atoms with van der Waals surface area (Å²) in [6.45, 7) is 1.16. The number of alkyl halides is 3. The summed E-state index contributed by atoms with van der Waals surface area (Å²) in [4.78, 5) is 20.0. The smallest absolute Gasteiger partial charge is 0.387 e. The number of nitrogens with one attached hydrogen (secondary N) is 1. The van der Waals surface area contributed by atoms with E-state index in [2.05, 4.69) is 15.3 Å². The summed E-state index contributed by atoms with van der Waals surface area (Å²) < 4.78 is 54.9. The highest BCUT2D eigenvalue weighted by Gasteiger charge is 2.56. The zero-order valence-electron chi connectivity index (χ0n) is 15.1. The lowest BCUT2D eigenvalue weighted by Gasteiger charge is -2.31. The SMILES string of the molecule is CC1(c2cc(NC(=O)c3ccc(C#N)cn3)ccc2F)N=C(N)CC1C(F)(F)F. The van der Waals surface area contributed by atoms with Crippen molar-refractivity contribution in [2.75, 3.05) is 5.32 Å². The summed E-state index contributed by atoms with van der Waals surface area (Å²) in [5.74, 6) is -3.77. The minimum Gasteiger partial charge on any atom is -0.387 e. The summed E-state index contributed by atoms with van der Waals surface area (Å²) in [5, 5.41) is 11.2. The molecule has 2 atom stereocenters. The number of halogens is 4. The third-order valence-corrected chi connectivity index (χ3v) is 4.76. The molecule has 0 fully saturated rings. The van der Waals surface area contributed by atoms with Crippen molar-refractivity contribution in [3.63, 3.8) is 0 Å². The predicted octanol–water partition coefficient (Wildman–Crippen LogP) is 3.50. The molecule has 6 nitrogen and oxygen atoms in total. The van der Waals surface area contributed by atoms with E-state index in [1.165, 1.54) is 24.4 Å². The van der Waals surface area contributed by atoms with Gasteiger partial charge in [-0.25, -0.2) is 9.37 Å². The summed E-state index contributed by atoms with van der Waals surface area (Å²) >= 11 is 0. The van der Waals surface area contributed by atoms with E-state index in [1.807, 2.05) is 6.07 Å². The number of rotatable bonds is 3. The zero-order chi connectivity index (χ0) is 21.4. The molecule has 1 aromatic heterocycles. The van der Waals surface area contributed by atoms with Crippen LogP contribution in [0.1, 0.15) is 35.0 Å². The van der Waals surface area contributed by atoms with Gasteiger partial charge in [-0.2, -0.15) is 18.4 Å². The highest BCUT2D eigenvalue weighted by Crippen LogP contribution is 2.49. The van der Waals surface area contributed by atoms with E-state index < -0.39 is 35.8 Å². The summed E-state index contributed by atoms with van der Waals surface area (Å²) in [5.41, 5.74) is 3.55. The van der Waals surface area contributed by atoms with E-state index in [0.29, 0.717) is 0 Å². The molecular formula is C19H15F4N5O. The second-order valence-electron chi connectivity index (χ2n) is 6.74. The van der Waals surface area contributed by atoms with Gasteiger partial charge in [0.05, 0.1) is 22.9 Å². The molecule has 1 aliphatic heterocycles. The number of aromatic nitrogens is 1. The van der Waals surface area contributed by atoms with Gasteiger partial charge in [-0.05, 0) is 37.3 Å². The molecule has 150 valence electrons. The number of nitrogens with zero attached hydrogens (tertiary/aromatic N) is 3. The largest absolute Gasteiger partial charge is 0.394 e. The van der Waals surface area contributed by atoms with E-state index in [9.17, 15) is 22.4 Å². The Morgan fingerprint density at radius 3 is 2.66 bits per heavy atom. The molecule has 0 aliphatic carbocycles. The van der Waals surface area contributed by atoms with E-state index in [-0.39, 0.29) is 28.3 Å². The first kappa shape index (κ1) is 20.3. The van der Waals surface area contributed by atoms with Crippen molar-refractivity contribution in [2.24, 2.45) is 16.6 Å². The molecule has 29 heavy (non-hydrogen) atoms. The highest BCUT2D eigenvalue weighted by atomic mass is 19.4. The fourth-order valence-corrected chi connectivity index (χ4v) is 3.29. The molecule has 0 saturated heterocycles. The third kappa shape index (κ3) is 3.89. The van der Waals surface area contributed by atoms with E-state index >= 15 is 0 Å². The van der Waals surface area contributed by atoms with Gasteiger partial charge in [0.25, 0.3) is 5.91 Å². The molecule has 0 spiro atoms. The van der Waals surface area contributed by atoms with Crippen molar-refractivity contribution in [1.82, 2.24) is 4.98 Å². The average Bonchev–Trinajstić information content (AvgIpc) is 2.99. The number of hydrogen-bond acceptors (Lipinski definition) is 5. The third-order valence-electron chi connectivity index (χ3n) is 4.76. The first-order valence-electron chi connectivity index (χ1n) is 8.43. The number of amidine groups is 1. The first-order valence-corrected chi connectivity index (χ1v) is 8.43. The van der Waals surface area contributed by atoms with Crippen LogP contribution in [0.4, 0.5) is 23.2 Å². The fourth-order valence-electron chi connectivity index (χ4n) is 3.29. The molecule has 2 unspecified atom stereocenters. The standard InChI is InChI=1S/C19H15F4N5O/c1-18(15(19(21,22)23)7-16(25)28-18)12-6-11(3-4-13(12)20)27-17(29)14-5-2-10(8-24)9-26-14/h2-6,9,15H,7H2,1H3,(H2,25,28)(H,27,29). The monoisotopic (exact) mass is 405 g/mol. The van der Waals surface area contributed by atoms with Crippen molar-refractivity contribution >= 4 is 17.4 Å². The Balaban J connectivity index is 1.94. The van der Waals surface area contributed by atoms with E-state index in [4.69, 9.17) is 11.0 Å². The van der Waals surface area contributed by atoms with Crippen molar-refractivity contribution in [2.45, 2.75) is 25.1 Å². The Kier molecular flexibility index (Phi) is 5.00. The lowest BCUT2D eigenvalue weighted by atomic mass is 9.79. The number of hydrogen-bond donors (Lipinski definition) is 2. The highest BCUT2D eigenvalue weighted by molar-refractivity contribution is 6.02. The summed E-state index contributed by atoms with van der Waals surface area (Å²) in [6.07, 6.45) is -3.97. The van der Waals surface area contributed by atoms with Gasteiger partial charge in [0, 0.05) is 23.9 Å². The molecular weight excluding hydrogens is 390 g/mol. The Labute approximate surface area is 163 Å².